The normalized spacial score (nSPS) is 16.9. The number of hydrogen-bond donors (Lipinski definition) is 1. The van der Waals surface area contributed by atoms with Crippen molar-refractivity contribution in [3.8, 4) is 0 Å². The Bertz CT molecular complexity index is 1000. The molecule has 22 heteroatoms. The van der Waals surface area contributed by atoms with Crippen molar-refractivity contribution in [3.63, 3.8) is 0 Å². The van der Waals surface area contributed by atoms with Gasteiger partial charge in [-0.25, -0.2) is 4.79 Å². The summed E-state index contributed by atoms with van der Waals surface area (Å²) in [4.78, 5) is 23.2. The molecule has 0 aromatic carbocycles. The van der Waals surface area contributed by atoms with E-state index in [0.717, 1.165) is 0 Å². The van der Waals surface area contributed by atoms with Crippen molar-refractivity contribution in [2.24, 2.45) is 5.41 Å². The molecule has 0 saturated heterocycles. The van der Waals surface area contributed by atoms with Crippen LogP contribution in [0.4, 0.5) is 74.6 Å². The molecule has 1 N–H and O–H groups in total. The second kappa shape index (κ2) is 11.1. The lowest BCUT2D eigenvalue weighted by Gasteiger charge is -2.43. The molecule has 41 heavy (non-hydrogen) atoms. The molecule has 0 saturated carbocycles. The van der Waals surface area contributed by atoms with Gasteiger partial charge < -0.3 is 14.6 Å². The first-order valence-corrected chi connectivity index (χ1v) is 9.81. The molecular formula is C19H15F17O5. The third-order valence-electron chi connectivity index (χ3n) is 5.16. The molecule has 0 aromatic heterocycles. The number of ether oxygens (including phenoxy) is 2. The van der Waals surface area contributed by atoms with E-state index >= 15 is 0 Å². The van der Waals surface area contributed by atoms with Crippen LogP contribution in [0.25, 0.3) is 0 Å². The van der Waals surface area contributed by atoms with Crippen LogP contribution in [0.2, 0.25) is 0 Å². The fourth-order valence-corrected chi connectivity index (χ4v) is 2.35. The molecule has 0 aliphatic rings. The lowest BCUT2D eigenvalue weighted by molar-refractivity contribution is -0.464. The molecule has 240 valence electrons. The Morgan fingerprint density at radius 1 is 0.707 bits per heavy atom. The minimum atomic E-state index is -8.84. The molecule has 0 radical (unpaired) electrons. The van der Waals surface area contributed by atoms with Gasteiger partial charge in [-0.05, 0) is 6.92 Å². The molecule has 0 aromatic rings. The molecule has 0 rings (SSSR count). The molecule has 0 fully saturated rings. The Morgan fingerprint density at radius 2 is 1.07 bits per heavy atom. The molecule has 0 bridgehead atoms. The van der Waals surface area contributed by atoms with Gasteiger partial charge in [-0.15, -0.1) is 6.58 Å². The van der Waals surface area contributed by atoms with Crippen LogP contribution in [-0.2, 0) is 19.1 Å². The first kappa shape index (κ1) is 38.2. The number of aliphatic hydroxyl groups excluding tert-OH is 1. The highest BCUT2D eigenvalue weighted by atomic mass is 19.4. The van der Waals surface area contributed by atoms with Crippen LogP contribution in [-0.4, -0.2) is 84.0 Å². The summed E-state index contributed by atoms with van der Waals surface area (Å²) in [5, 5.41) is 8.88. The lowest BCUT2D eigenvalue weighted by Crippen LogP contribution is -2.75. The SMILES string of the molecule is C=CC(=O)OCC(C)(C=C)C(=O)OC(CO)C(F)(F)C(F)(F)C(F)(F)C(F)(F)C(F)(F)C(F)(F)C(F)(F)C(F)(F)F. The van der Waals surface area contributed by atoms with Crippen LogP contribution >= 0.6 is 0 Å². The van der Waals surface area contributed by atoms with Gasteiger partial charge in [0.25, 0.3) is 0 Å². The third-order valence-corrected chi connectivity index (χ3v) is 5.16. The van der Waals surface area contributed by atoms with Gasteiger partial charge in [0, 0.05) is 6.08 Å². The Labute approximate surface area is 216 Å². The van der Waals surface area contributed by atoms with Crippen LogP contribution in [0.1, 0.15) is 6.92 Å². The average Bonchev–Trinajstić information content (AvgIpc) is 2.83. The van der Waals surface area contributed by atoms with Gasteiger partial charge in [-0.3, -0.25) is 4.79 Å². The highest BCUT2D eigenvalue weighted by molar-refractivity contribution is 5.83. The molecule has 5 nitrogen and oxygen atoms in total. The van der Waals surface area contributed by atoms with Crippen molar-refractivity contribution in [1.82, 2.24) is 0 Å². The largest absolute Gasteiger partial charge is 0.461 e. The zero-order chi connectivity index (χ0) is 33.5. The van der Waals surface area contributed by atoms with Crippen molar-refractivity contribution in [1.29, 1.82) is 0 Å². The fourth-order valence-electron chi connectivity index (χ4n) is 2.35. The van der Waals surface area contributed by atoms with Gasteiger partial charge in [0.05, 0.1) is 6.61 Å². The zero-order valence-electron chi connectivity index (χ0n) is 19.6. The smallest absolute Gasteiger partial charge is 0.460 e. The van der Waals surface area contributed by atoms with Crippen LogP contribution in [0.15, 0.2) is 25.3 Å². The number of hydrogen-bond acceptors (Lipinski definition) is 5. The van der Waals surface area contributed by atoms with Crippen molar-refractivity contribution in [3.05, 3.63) is 25.3 Å². The van der Waals surface area contributed by atoms with E-state index in [2.05, 4.69) is 22.6 Å². The van der Waals surface area contributed by atoms with Crippen LogP contribution < -0.4 is 0 Å². The van der Waals surface area contributed by atoms with E-state index in [9.17, 15) is 84.2 Å². The van der Waals surface area contributed by atoms with Crippen molar-refractivity contribution < 1.29 is 98.8 Å². The minimum Gasteiger partial charge on any atom is -0.461 e. The summed E-state index contributed by atoms with van der Waals surface area (Å²) in [5.74, 6) is -62.4. The predicted octanol–water partition coefficient (Wildman–Crippen LogP) is 5.82. The minimum absolute atomic E-state index is 0.378. The van der Waals surface area contributed by atoms with Crippen molar-refractivity contribution in [2.45, 2.75) is 60.7 Å². The van der Waals surface area contributed by atoms with Gasteiger partial charge in [-0.2, -0.15) is 74.6 Å². The summed E-state index contributed by atoms with van der Waals surface area (Å²) in [7, 11) is 0. The van der Waals surface area contributed by atoms with Crippen LogP contribution in [0, 0.1) is 5.41 Å². The second-order valence-electron chi connectivity index (χ2n) is 8.08. The monoisotopic (exact) mass is 646 g/mol. The van der Waals surface area contributed by atoms with E-state index in [4.69, 9.17) is 5.11 Å². The molecule has 0 heterocycles. The first-order valence-electron chi connectivity index (χ1n) is 9.81. The number of rotatable bonds is 14. The van der Waals surface area contributed by atoms with E-state index in [1.807, 2.05) is 0 Å². The zero-order valence-corrected chi connectivity index (χ0v) is 19.6. The van der Waals surface area contributed by atoms with Crippen LogP contribution in [0.3, 0.4) is 0 Å². The second-order valence-corrected chi connectivity index (χ2v) is 8.08. The maximum Gasteiger partial charge on any atom is 0.460 e. The number of aliphatic hydroxyl groups is 1. The van der Waals surface area contributed by atoms with E-state index in [1.165, 1.54) is 0 Å². The van der Waals surface area contributed by atoms with E-state index in [-0.39, 0.29) is 0 Å². The molecule has 0 aliphatic heterocycles. The molecule has 0 amide bonds. The highest BCUT2D eigenvalue weighted by Crippen LogP contribution is 2.64. The first-order chi connectivity index (χ1) is 17.9. The molecular weight excluding hydrogens is 631 g/mol. The topological polar surface area (TPSA) is 72.8 Å². The number of esters is 2. The maximum absolute atomic E-state index is 14.3. The summed E-state index contributed by atoms with van der Waals surface area (Å²) < 4.78 is 236. The maximum atomic E-state index is 14.3. The summed E-state index contributed by atoms with van der Waals surface area (Å²) in [6.45, 7) is 2.36. The van der Waals surface area contributed by atoms with E-state index < -0.39 is 84.3 Å². The van der Waals surface area contributed by atoms with E-state index in [0.29, 0.717) is 19.1 Å². The standard InChI is InChI=1S/C19H15F17O5/c1-4-9(38)40-7-11(3,5-2)10(39)41-8(6-37)12(20,21)13(22,23)14(24,25)15(26,27)16(28,29)17(30,31)18(32,33)19(34,35)36/h4-5,8,37H,1-2,6-7H2,3H3. The lowest BCUT2D eigenvalue weighted by atomic mass is 9.87. The van der Waals surface area contributed by atoms with E-state index in [1.54, 1.807) is 0 Å². The number of carbonyl (C=O) groups is 2. The van der Waals surface area contributed by atoms with Gasteiger partial charge in [0.2, 0.25) is 0 Å². The Balaban J connectivity index is 6.75. The average molecular weight is 646 g/mol. The quantitative estimate of drug-likeness (QED) is 0.112. The van der Waals surface area contributed by atoms with Gasteiger partial charge in [0.15, 0.2) is 6.10 Å². The Kier molecular flexibility index (Phi) is 10.4. The van der Waals surface area contributed by atoms with Gasteiger partial charge in [0.1, 0.15) is 12.0 Å². The molecule has 0 aliphatic carbocycles. The fraction of sp³-hybridized carbons (Fsp3) is 0.684. The summed E-state index contributed by atoms with van der Waals surface area (Å²) in [5.41, 5.74) is -2.60. The van der Waals surface area contributed by atoms with Gasteiger partial charge >= 0.3 is 59.6 Å². The molecule has 0 spiro atoms. The van der Waals surface area contributed by atoms with Gasteiger partial charge in [-0.1, -0.05) is 12.7 Å². The highest BCUT2D eigenvalue weighted by Gasteiger charge is 2.95. The summed E-state index contributed by atoms with van der Waals surface area (Å²) >= 11 is 0. The predicted molar refractivity (Wildman–Crippen MR) is 97.1 cm³/mol. The van der Waals surface area contributed by atoms with Crippen LogP contribution in [0.5, 0.6) is 0 Å². The molecule has 2 unspecified atom stereocenters. The Hall–Kier alpha value is -2.81. The number of carbonyl (C=O) groups excluding carboxylic acids is 2. The third kappa shape index (κ3) is 5.79. The molecule has 2 atom stereocenters. The Morgan fingerprint density at radius 3 is 1.39 bits per heavy atom. The summed E-state index contributed by atoms with van der Waals surface area (Å²) in [6, 6.07) is 0. The van der Waals surface area contributed by atoms with Crippen molar-refractivity contribution in [2.75, 3.05) is 13.2 Å². The summed E-state index contributed by atoms with van der Waals surface area (Å²) in [6.07, 6.45) is -11.5. The van der Waals surface area contributed by atoms with Crippen molar-refractivity contribution >= 4 is 11.9 Å². The number of alkyl halides is 17. The number of halogens is 17.